The fourth-order valence-corrected chi connectivity index (χ4v) is 3.64. The van der Waals surface area contributed by atoms with E-state index in [-0.39, 0.29) is 17.7 Å². The molecule has 0 saturated carbocycles. The fourth-order valence-electron chi connectivity index (χ4n) is 2.90. The smallest absolute Gasteiger partial charge is 0.230 e. The molecule has 6 nitrogen and oxygen atoms in total. The van der Waals surface area contributed by atoms with Gasteiger partial charge in [-0.25, -0.2) is 0 Å². The minimum atomic E-state index is -0.0352. The molecule has 7 heteroatoms. The molecule has 0 saturated heterocycles. The maximum absolute atomic E-state index is 12.5. The van der Waals surface area contributed by atoms with Gasteiger partial charge in [0.25, 0.3) is 0 Å². The molecule has 2 aromatic carbocycles. The number of hydrogen-bond donors (Lipinski definition) is 1. The molecule has 0 fully saturated rings. The van der Waals surface area contributed by atoms with Gasteiger partial charge in [0.15, 0.2) is 5.16 Å². The van der Waals surface area contributed by atoms with E-state index in [1.54, 1.807) is 13.4 Å². The number of benzene rings is 2. The van der Waals surface area contributed by atoms with Crippen LogP contribution in [0.3, 0.4) is 0 Å². The molecule has 0 spiro atoms. The highest BCUT2D eigenvalue weighted by Gasteiger charge is 2.16. The van der Waals surface area contributed by atoms with Gasteiger partial charge in [-0.15, -0.1) is 10.2 Å². The van der Waals surface area contributed by atoms with E-state index in [4.69, 9.17) is 4.74 Å². The molecule has 28 heavy (non-hydrogen) atoms. The van der Waals surface area contributed by atoms with E-state index in [1.807, 2.05) is 28.8 Å². The highest BCUT2D eigenvalue weighted by atomic mass is 32.2. The Morgan fingerprint density at radius 1 is 1.21 bits per heavy atom. The largest absolute Gasteiger partial charge is 0.495 e. The molecule has 146 valence electrons. The lowest BCUT2D eigenvalue weighted by Crippen LogP contribution is -2.29. The Bertz CT molecular complexity index is 924. The first-order valence-electron chi connectivity index (χ1n) is 9.14. The lowest BCUT2D eigenvalue weighted by atomic mass is 10.0. The summed E-state index contributed by atoms with van der Waals surface area (Å²) in [6.45, 7) is 4.12. The average Bonchev–Trinajstić information content (AvgIpc) is 3.19. The van der Waals surface area contributed by atoms with E-state index in [0.717, 1.165) is 23.4 Å². The Kier molecular flexibility index (Phi) is 6.71. The molecule has 0 aliphatic rings. The van der Waals surface area contributed by atoms with Gasteiger partial charge in [0.05, 0.1) is 24.6 Å². The van der Waals surface area contributed by atoms with Crippen LogP contribution in [0, 0.1) is 6.92 Å². The van der Waals surface area contributed by atoms with Crippen LogP contribution in [-0.4, -0.2) is 33.5 Å². The predicted molar refractivity (Wildman–Crippen MR) is 111 cm³/mol. The van der Waals surface area contributed by atoms with Gasteiger partial charge >= 0.3 is 0 Å². The van der Waals surface area contributed by atoms with Gasteiger partial charge in [0.1, 0.15) is 12.1 Å². The van der Waals surface area contributed by atoms with Crippen molar-refractivity contribution in [2.24, 2.45) is 0 Å². The summed E-state index contributed by atoms with van der Waals surface area (Å²) >= 11 is 1.35. The Balaban J connectivity index is 1.65. The van der Waals surface area contributed by atoms with Gasteiger partial charge in [-0.1, -0.05) is 60.6 Å². The number of amides is 1. The lowest BCUT2D eigenvalue weighted by molar-refractivity contribution is -0.119. The summed E-state index contributed by atoms with van der Waals surface area (Å²) in [6, 6.07) is 15.9. The summed E-state index contributed by atoms with van der Waals surface area (Å²) in [5, 5.41) is 11.9. The molecule has 0 bridgehead atoms. The maximum Gasteiger partial charge on any atom is 0.230 e. The third-order valence-corrected chi connectivity index (χ3v) is 5.36. The van der Waals surface area contributed by atoms with E-state index in [2.05, 4.69) is 53.6 Å². The minimum Gasteiger partial charge on any atom is -0.495 e. The third-order valence-electron chi connectivity index (χ3n) is 4.42. The second kappa shape index (κ2) is 9.41. The molecule has 0 radical (unpaired) electrons. The first kappa shape index (κ1) is 19.9. The molecule has 0 aliphatic carbocycles. The molecule has 1 amide bonds. The second-order valence-corrected chi connectivity index (χ2v) is 7.33. The molecular weight excluding hydrogens is 372 g/mol. The molecule has 3 aromatic rings. The van der Waals surface area contributed by atoms with Crippen LogP contribution in [0.4, 0.5) is 0 Å². The highest BCUT2D eigenvalue weighted by molar-refractivity contribution is 7.99. The Hall–Kier alpha value is -2.80. The first-order chi connectivity index (χ1) is 13.6. The van der Waals surface area contributed by atoms with Crippen molar-refractivity contribution in [1.29, 1.82) is 0 Å². The van der Waals surface area contributed by atoms with E-state index in [0.29, 0.717) is 5.16 Å². The van der Waals surface area contributed by atoms with Crippen LogP contribution in [0.2, 0.25) is 0 Å². The fraction of sp³-hybridized carbons (Fsp3) is 0.286. The number of nitrogens with zero attached hydrogens (tertiary/aromatic N) is 3. The summed E-state index contributed by atoms with van der Waals surface area (Å²) in [4.78, 5) is 12.5. The summed E-state index contributed by atoms with van der Waals surface area (Å²) < 4.78 is 7.24. The number of carbonyl (C=O) groups is 1. The van der Waals surface area contributed by atoms with Crippen LogP contribution in [0.15, 0.2) is 60.0 Å². The number of rotatable bonds is 8. The zero-order chi connectivity index (χ0) is 19.9. The van der Waals surface area contributed by atoms with E-state index < -0.39 is 0 Å². The number of aromatic nitrogens is 3. The number of nitrogens with one attached hydrogen (secondary N) is 1. The minimum absolute atomic E-state index is 0.000729. The standard InChI is InChI=1S/C21H24N4O2S/c1-4-17(16-11-9-15(2)10-12-16)23-20(26)13-28-21-24-22-14-25(21)18-7-5-6-8-19(18)27-3/h5-12,14,17H,4,13H2,1-3H3,(H,23,26)/t17-/m1/s1. The third kappa shape index (κ3) is 4.72. The van der Waals surface area contributed by atoms with Gasteiger partial charge in [0.2, 0.25) is 5.91 Å². The normalized spacial score (nSPS) is 11.8. The SMILES string of the molecule is CC[C@@H](NC(=O)CSc1nncn1-c1ccccc1OC)c1ccc(C)cc1. The van der Waals surface area contributed by atoms with Crippen molar-refractivity contribution < 1.29 is 9.53 Å². The van der Waals surface area contributed by atoms with Crippen LogP contribution >= 0.6 is 11.8 Å². The molecule has 0 aliphatic heterocycles. The van der Waals surface area contributed by atoms with Crippen molar-refractivity contribution in [3.05, 3.63) is 66.0 Å². The van der Waals surface area contributed by atoms with Crippen molar-refractivity contribution in [2.75, 3.05) is 12.9 Å². The molecule has 3 rings (SSSR count). The molecule has 1 aromatic heterocycles. The van der Waals surface area contributed by atoms with Crippen molar-refractivity contribution >= 4 is 17.7 Å². The highest BCUT2D eigenvalue weighted by Crippen LogP contribution is 2.26. The van der Waals surface area contributed by atoms with Crippen LogP contribution in [0.1, 0.15) is 30.5 Å². The molecule has 1 heterocycles. The summed E-state index contributed by atoms with van der Waals surface area (Å²) in [5.74, 6) is 0.946. The van der Waals surface area contributed by atoms with Crippen molar-refractivity contribution in [2.45, 2.75) is 31.5 Å². The van der Waals surface area contributed by atoms with Gasteiger partial charge in [-0.2, -0.15) is 0 Å². The van der Waals surface area contributed by atoms with E-state index in [1.165, 1.54) is 17.3 Å². The number of hydrogen-bond acceptors (Lipinski definition) is 5. The monoisotopic (exact) mass is 396 g/mol. The zero-order valence-electron chi connectivity index (χ0n) is 16.3. The maximum atomic E-state index is 12.5. The van der Waals surface area contributed by atoms with Crippen molar-refractivity contribution in [1.82, 2.24) is 20.1 Å². The number of thioether (sulfide) groups is 1. The zero-order valence-corrected chi connectivity index (χ0v) is 17.1. The van der Waals surface area contributed by atoms with Crippen molar-refractivity contribution in [3.8, 4) is 11.4 Å². The van der Waals surface area contributed by atoms with Crippen LogP contribution in [0.25, 0.3) is 5.69 Å². The van der Waals surface area contributed by atoms with Crippen LogP contribution < -0.4 is 10.1 Å². The quantitative estimate of drug-likeness (QED) is 0.584. The van der Waals surface area contributed by atoms with Crippen molar-refractivity contribution in [3.63, 3.8) is 0 Å². The lowest BCUT2D eigenvalue weighted by Gasteiger charge is -2.17. The molecule has 1 N–H and O–H groups in total. The van der Waals surface area contributed by atoms with E-state index in [9.17, 15) is 4.79 Å². The number of para-hydroxylation sites is 2. The number of methoxy groups -OCH3 is 1. The molecule has 1 atom stereocenters. The average molecular weight is 397 g/mol. The van der Waals surface area contributed by atoms with Gasteiger partial charge in [-0.05, 0) is 31.0 Å². The summed E-state index contributed by atoms with van der Waals surface area (Å²) in [7, 11) is 1.62. The Labute approximate surface area is 169 Å². The van der Waals surface area contributed by atoms with Gasteiger partial charge in [-0.3, -0.25) is 9.36 Å². The van der Waals surface area contributed by atoms with Crippen LogP contribution in [-0.2, 0) is 4.79 Å². The summed E-state index contributed by atoms with van der Waals surface area (Å²) in [5.41, 5.74) is 3.16. The first-order valence-corrected chi connectivity index (χ1v) is 10.1. The van der Waals surface area contributed by atoms with Crippen LogP contribution in [0.5, 0.6) is 5.75 Å². The number of aryl methyl sites for hydroxylation is 1. The number of ether oxygens (including phenoxy) is 1. The van der Waals surface area contributed by atoms with Gasteiger partial charge in [0, 0.05) is 0 Å². The Morgan fingerprint density at radius 3 is 2.68 bits per heavy atom. The number of carbonyl (C=O) groups excluding carboxylic acids is 1. The predicted octanol–water partition coefficient (Wildman–Crippen LogP) is 3.94. The van der Waals surface area contributed by atoms with E-state index >= 15 is 0 Å². The Morgan fingerprint density at radius 2 is 1.96 bits per heavy atom. The molecule has 0 unspecified atom stereocenters. The van der Waals surface area contributed by atoms with Gasteiger partial charge < -0.3 is 10.1 Å². The molecular formula is C21H24N4O2S. The summed E-state index contributed by atoms with van der Waals surface area (Å²) in [6.07, 6.45) is 2.45. The topological polar surface area (TPSA) is 69.0 Å². The second-order valence-electron chi connectivity index (χ2n) is 6.38.